The normalized spacial score (nSPS) is 23.5. The molecule has 2 nitrogen and oxygen atoms in total. The molecule has 1 N–H and O–H groups in total. The monoisotopic (exact) mass is 272 g/mol. The molecule has 0 radical (unpaired) electrons. The molecule has 0 bridgehead atoms. The molecule has 2 heterocycles. The van der Waals surface area contributed by atoms with Gasteiger partial charge in [-0.3, -0.25) is 4.98 Å². The van der Waals surface area contributed by atoms with Gasteiger partial charge in [0.25, 0.3) is 0 Å². The predicted molar refractivity (Wildman–Crippen MR) is 85.0 cm³/mol. The molecule has 100 valence electrons. The van der Waals surface area contributed by atoms with Gasteiger partial charge < -0.3 is 5.32 Å². The number of fused-ring (bicyclic) bond motifs is 1. The van der Waals surface area contributed by atoms with Crippen molar-refractivity contribution in [2.24, 2.45) is 0 Å². The number of rotatable bonds is 2. The zero-order valence-electron chi connectivity index (χ0n) is 11.5. The summed E-state index contributed by atoms with van der Waals surface area (Å²) in [5.74, 6) is 1.30. The fraction of sp³-hybridized carbons (Fsp3) is 0.438. The Morgan fingerprint density at radius 1 is 1.32 bits per heavy atom. The average molecular weight is 272 g/mol. The first-order valence-corrected chi connectivity index (χ1v) is 8.03. The van der Waals surface area contributed by atoms with E-state index in [0.29, 0.717) is 11.3 Å². The predicted octanol–water partition coefficient (Wildman–Crippen LogP) is 4.24. The van der Waals surface area contributed by atoms with E-state index in [4.69, 9.17) is 0 Å². The minimum atomic E-state index is 0.574. The third kappa shape index (κ3) is 2.57. The zero-order chi connectivity index (χ0) is 13.2. The number of aromatic nitrogens is 1. The average Bonchev–Trinajstić information content (AvgIpc) is 2.44. The van der Waals surface area contributed by atoms with Crippen molar-refractivity contribution >= 4 is 28.4 Å². The van der Waals surface area contributed by atoms with Crippen molar-refractivity contribution in [3.8, 4) is 0 Å². The second-order valence-corrected chi connectivity index (χ2v) is 6.78. The summed E-state index contributed by atoms with van der Waals surface area (Å²) in [5.41, 5.74) is 3.59. The van der Waals surface area contributed by atoms with E-state index in [9.17, 15) is 0 Å². The van der Waals surface area contributed by atoms with E-state index in [1.807, 2.05) is 12.3 Å². The first-order valence-electron chi connectivity index (χ1n) is 6.98. The quantitative estimate of drug-likeness (QED) is 0.885. The lowest BCUT2D eigenvalue weighted by Crippen LogP contribution is -2.32. The standard InChI is InChI=1S/C16H20N2S/c1-11-7-8-15(13-5-3-9-17-16(11)13)18-14-6-4-10-19-12(14)2/h3,5,7-9,12,14,18H,4,6,10H2,1-2H3. The highest BCUT2D eigenvalue weighted by Crippen LogP contribution is 2.31. The second kappa shape index (κ2) is 5.41. The van der Waals surface area contributed by atoms with Crippen LogP contribution in [0.3, 0.4) is 0 Å². The molecule has 19 heavy (non-hydrogen) atoms. The Balaban J connectivity index is 1.94. The molecule has 1 aromatic carbocycles. The third-order valence-corrected chi connectivity index (χ3v) is 5.30. The minimum absolute atomic E-state index is 0.574. The number of pyridine rings is 1. The van der Waals surface area contributed by atoms with Crippen molar-refractivity contribution < 1.29 is 0 Å². The first kappa shape index (κ1) is 12.8. The van der Waals surface area contributed by atoms with E-state index in [1.54, 1.807) is 0 Å². The summed E-state index contributed by atoms with van der Waals surface area (Å²) in [4.78, 5) is 4.51. The van der Waals surface area contributed by atoms with Gasteiger partial charge in [0.05, 0.1) is 5.52 Å². The highest BCUT2D eigenvalue weighted by atomic mass is 32.2. The molecular weight excluding hydrogens is 252 g/mol. The van der Waals surface area contributed by atoms with E-state index >= 15 is 0 Å². The van der Waals surface area contributed by atoms with Gasteiger partial charge >= 0.3 is 0 Å². The van der Waals surface area contributed by atoms with Crippen LogP contribution in [0.4, 0.5) is 5.69 Å². The summed E-state index contributed by atoms with van der Waals surface area (Å²) in [5, 5.41) is 5.66. The summed E-state index contributed by atoms with van der Waals surface area (Å²) in [6, 6.07) is 9.12. The summed E-state index contributed by atoms with van der Waals surface area (Å²) in [7, 11) is 0. The fourth-order valence-corrected chi connectivity index (χ4v) is 3.89. The maximum atomic E-state index is 4.51. The van der Waals surface area contributed by atoms with Crippen molar-refractivity contribution in [2.75, 3.05) is 11.1 Å². The molecule has 0 saturated carbocycles. The Morgan fingerprint density at radius 2 is 2.21 bits per heavy atom. The van der Waals surface area contributed by atoms with Gasteiger partial charge in [0.2, 0.25) is 0 Å². The van der Waals surface area contributed by atoms with E-state index < -0.39 is 0 Å². The summed E-state index contributed by atoms with van der Waals surface area (Å²) >= 11 is 2.08. The summed E-state index contributed by atoms with van der Waals surface area (Å²) in [6.07, 6.45) is 4.46. The second-order valence-electron chi connectivity index (χ2n) is 5.30. The smallest absolute Gasteiger partial charge is 0.0751 e. The minimum Gasteiger partial charge on any atom is -0.381 e. The van der Waals surface area contributed by atoms with Crippen molar-refractivity contribution in [1.82, 2.24) is 4.98 Å². The van der Waals surface area contributed by atoms with Crippen LogP contribution in [0.25, 0.3) is 10.9 Å². The van der Waals surface area contributed by atoms with Crippen LogP contribution in [0, 0.1) is 6.92 Å². The van der Waals surface area contributed by atoms with Crippen LogP contribution in [0.5, 0.6) is 0 Å². The molecule has 1 aliphatic heterocycles. The van der Waals surface area contributed by atoms with Crippen LogP contribution in [-0.4, -0.2) is 22.0 Å². The van der Waals surface area contributed by atoms with Gasteiger partial charge in [0, 0.05) is 28.6 Å². The first-order chi connectivity index (χ1) is 9.25. The van der Waals surface area contributed by atoms with Gasteiger partial charge in [-0.1, -0.05) is 13.0 Å². The summed E-state index contributed by atoms with van der Waals surface area (Å²) < 4.78 is 0. The Morgan fingerprint density at radius 3 is 3.05 bits per heavy atom. The van der Waals surface area contributed by atoms with Crippen molar-refractivity contribution in [3.63, 3.8) is 0 Å². The molecular formula is C16H20N2S. The molecule has 0 amide bonds. The maximum Gasteiger partial charge on any atom is 0.0751 e. The number of hydrogen-bond donors (Lipinski definition) is 1. The van der Waals surface area contributed by atoms with Crippen LogP contribution in [0.2, 0.25) is 0 Å². The SMILES string of the molecule is Cc1ccc(NC2CCCSC2C)c2cccnc12. The Bertz CT molecular complexity index is 582. The Hall–Kier alpha value is -1.22. The fourth-order valence-electron chi connectivity index (χ4n) is 2.75. The number of hydrogen-bond acceptors (Lipinski definition) is 3. The zero-order valence-corrected chi connectivity index (χ0v) is 12.3. The molecule has 2 unspecified atom stereocenters. The van der Waals surface area contributed by atoms with E-state index in [2.05, 4.69) is 54.1 Å². The molecule has 0 aliphatic carbocycles. The number of benzene rings is 1. The largest absolute Gasteiger partial charge is 0.381 e. The van der Waals surface area contributed by atoms with Gasteiger partial charge in [0.1, 0.15) is 0 Å². The molecule has 0 spiro atoms. The van der Waals surface area contributed by atoms with Crippen molar-refractivity contribution in [1.29, 1.82) is 0 Å². The van der Waals surface area contributed by atoms with Crippen LogP contribution in [0.1, 0.15) is 25.3 Å². The van der Waals surface area contributed by atoms with Gasteiger partial charge in [-0.15, -0.1) is 0 Å². The van der Waals surface area contributed by atoms with Gasteiger partial charge in [-0.2, -0.15) is 11.8 Å². The highest BCUT2D eigenvalue weighted by Gasteiger charge is 2.22. The van der Waals surface area contributed by atoms with E-state index in [1.165, 1.54) is 35.2 Å². The number of anilines is 1. The lowest BCUT2D eigenvalue weighted by molar-refractivity contribution is 0.618. The van der Waals surface area contributed by atoms with Crippen molar-refractivity contribution in [3.05, 3.63) is 36.0 Å². The molecule has 3 heteroatoms. The molecule has 2 aromatic rings. The van der Waals surface area contributed by atoms with Crippen LogP contribution < -0.4 is 5.32 Å². The van der Waals surface area contributed by atoms with Crippen LogP contribution >= 0.6 is 11.8 Å². The summed E-state index contributed by atoms with van der Waals surface area (Å²) in [6.45, 7) is 4.45. The van der Waals surface area contributed by atoms with Gasteiger partial charge in [0.15, 0.2) is 0 Å². The molecule has 1 aliphatic rings. The van der Waals surface area contributed by atoms with Gasteiger partial charge in [-0.05, 0) is 49.3 Å². The van der Waals surface area contributed by atoms with Crippen LogP contribution in [0.15, 0.2) is 30.5 Å². The van der Waals surface area contributed by atoms with E-state index in [-0.39, 0.29) is 0 Å². The number of nitrogens with zero attached hydrogens (tertiary/aromatic N) is 1. The lowest BCUT2D eigenvalue weighted by Gasteiger charge is -2.30. The van der Waals surface area contributed by atoms with E-state index in [0.717, 1.165) is 5.52 Å². The highest BCUT2D eigenvalue weighted by molar-refractivity contribution is 8.00. The lowest BCUT2D eigenvalue weighted by atomic mass is 10.1. The maximum absolute atomic E-state index is 4.51. The molecule has 1 fully saturated rings. The Labute approximate surface area is 119 Å². The Kier molecular flexibility index (Phi) is 3.65. The molecule has 2 atom stereocenters. The number of nitrogens with one attached hydrogen (secondary N) is 1. The van der Waals surface area contributed by atoms with Gasteiger partial charge in [-0.25, -0.2) is 0 Å². The molecule has 1 saturated heterocycles. The molecule has 1 aromatic heterocycles. The molecule has 3 rings (SSSR count). The van der Waals surface area contributed by atoms with Crippen LogP contribution in [-0.2, 0) is 0 Å². The topological polar surface area (TPSA) is 24.9 Å². The number of aryl methyl sites for hydroxylation is 1. The third-order valence-electron chi connectivity index (χ3n) is 3.92. The number of thioether (sulfide) groups is 1. The van der Waals surface area contributed by atoms with Crippen molar-refractivity contribution in [2.45, 2.75) is 38.0 Å².